The van der Waals surface area contributed by atoms with Gasteiger partial charge in [0, 0.05) is 24.7 Å². The highest BCUT2D eigenvalue weighted by Gasteiger charge is 1.94. The molecule has 0 fully saturated rings. The Bertz CT molecular complexity index is 277. The molecule has 0 radical (unpaired) electrons. The molecule has 14 heavy (non-hydrogen) atoms. The molecule has 0 aliphatic heterocycles. The van der Waals surface area contributed by atoms with Crippen molar-refractivity contribution < 1.29 is 4.74 Å². The van der Waals surface area contributed by atoms with Crippen LogP contribution in [0.3, 0.4) is 0 Å². The van der Waals surface area contributed by atoms with Gasteiger partial charge < -0.3 is 10.5 Å². The van der Waals surface area contributed by atoms with Crippen molar-refractivity contribution in [1.29, 1.82) is 0 Å². The van der Waals surface area contributed by atoms with Crippen LogP contribution in [0.15, 0.2) is 24.4 Å². The first-order valence-electron chi connectivity index (χ1n) is 4.55. The zero-order chi connectivity index (χ0) is 10.2. The lowest BCUT2D eigenvalue weighted by atomic mass is 10.3. The zero-order valence-corrected chi connectivity index (χ0v) is 8.80. The average Bonchev–Trinajstić information content (AvgIpc) is 2.18. The summed E-state index contributed by atoms with van der Waals surface area (Å²) in [5.74, 6) is 0. The number of hydrogen-bond acceptors (Lipinski definition) is 3. The Morgan fingerprint density at radius 3 is 2.93 bits per heavy atom. The van der Waals surface area contributed by atoms with Crippen LogP contribution in [-0.4, -0.2) is 23.2 Å². The second kappa shape index (κ2) is 6.45. The number of thiocarbonyl (C=S) groups is 1. The van der Waals surface area contributed by atoms with Gasteiger partial charge in [0.05, 0.1) is 18.2 Å². The van der Waals surface area contributed by atoms with Crippen LogP contribution in [0.25, 0.3) is 0 Å². The van der Waals surface area contributed by atoms with Crippen molar-refractivity contribution in [2.45, 2.75) is 12.8 Å². The van der Waals surface area contributed by atoms with Crippen molar-refractivity contribution in [3.05, 3.63) is 30.1 Å². The number of aromatic nitrogens is 1. The van der Waals surface area contributed by atoms with Crippen molar-refractivity contribution in [2.24, 2.45) is 5.73 Å². The molecule has 1 aromatic rings. The zero-order valence-electron chi connectivity index (χ0n) is 7.98. The van der Waals surface area contributed by atoms with Gasteiger partial charge in [-0.1, -0.05) is 18.3 Å². The van der Waals surface area contributed by atoms with E-state index >= 15 is 0 Å². The molecule has 76 valence electrons. The summed E-state index contributed by atoms with van der Waals surface area (Å²) in [6.07, 6.45) is 3.26. The van der Waals surface area contributed by atoms with Gasteiger partial charge in [-0.25, -0.2) is 0 Å². The lowest BCUT2D eigenvalue weighted by Gasteiger charge is -2.02. The molecule has 0 spiro atoms. The Hall–Kier alpha value is -1.00. The first-order valence-corrected chi connectivity index (χ1v) is 4.96. The maximum Gasteiger partial charge on any atom is 0.0750 e. The Morgan fingerprint density at radius 2 is 2.29 bits per heavy atom. The largest absolute Gasteiger partial charge is 0.393 e. The lowest BCUT2D eigenvalue weighted by molar-refractivity contribution is 0.144. The standard InChI is InChI=1S/C10H14N2OS/c11-10(14)5-8-13-7-4-9-3-1-2-6-12-9/h1-3,6H,4-5,7-8H2,(H2,11,14). The number of pyridine rings is 1. The highest BCUT2D eigenvalue weighted by molar-refractivity contribution is 7.80. The van der Waals surface area contributed by atoms with Crippen LogP contribution >= 0.6 is 12.2 Å². The van der Waals surface area contributed by atoms with Crippen molar-refractivity contribution >= 4 is 17.2 Å². The summed E-state index contributed by atoms with van der Waals surface area (Å²) in [5, 5.41) is 0. The van der Waals surface area contributed by atoms with Crippen molar-refractivity contribution in [3.8, 4) is 0 Å². The minimum absolute atomic E-state index is 0.503. The van der Waals surface area contributed by atoms with E-state index in [0.29, 0.717) is 24.6 Å². The smallest absolute Gasteiger partial charge is 0.0750 e. The third-order valence-electron chi connectivity index (χ3n) is 1.72. The minimum atomic E-state index is 0.503. The molecule has 3 nitrogen and oxygen atoms in total. The molecule has 0 aliphatic rings. The third-order valence-corrected chi connectivity index (χ3v) is 1.93. The summed E-state index contributed by atoms with van der Waals surface area (Å²) in [7, 11) is 0. The molecule has 0 bridgehead atoms. The molecule has 1 aromatic heterocycles. The summed E-state index contributed by atoms with van der Waals surface area (Å²) < 4.78 is 5.34. The Labute approximate surface area is 89.3 Å². The first kappa shape index (κ1) is 11.1. The molecular formula is C10H14N2OS. The van der Waals surface area contributed by atoms with Crippen LogP contribution in [-0.2, 0) is 11.2 Å². The van der Waals surface area contributed by atoms with E-state index in [1.807, 2.05) is 18.2 Å². The van der Waals surface area contributed by atoms with E-state index in [2.05, 4.69) is 4.98 Å². The summed E-state index contributed by atoms with van der Waals surface area (Å²) in [6.45, 7) is 1.27. The normalized spacial score (nSPS) is 10.0. The van der Waals surface area contributed by atoms with Crippen LogP contribution in [0.4, 0.5) is 0 Å². The monoisotopic (exact) mass is 210 g/mol. The van der Waals surface area contributed by atoms with Gasteiger partial charge in [-0.15, -0.1) is 0 Å². The molecule has 2 N–H and O–H groups in total. The van der Waals surface area contributed by atoms with Gasteiger partial charge in [0.25, 0.3) is 0 Å². The van der Waals surface area contributed by atoms with E-state index in [9.17, 15) is 0 Å². The minimum Gasteiger partial charge on any atom is -0.393 e. The molecule has 0 amide bonds. The Kier molecular flexibility index (Phi) is 5.11. The van der Waals surface area contributed by atoms with Gasteiger partial charge in [0.2, 0.25) is 0 Å². The van der Waals surface area contributed by atoms with Crippen LogP contribution in [0, 0.1) is 0 Å². The predicted molar refractivity (Wildman–Crippen MR) is 60.2 cm³/mol. The second-order valence-corrected chi connectivity index (χ2v) is 3.42. The third kappa shape index (κ3) is 4.89. The summed E-state index contributed by atoms with van der Waals surface area (Å²) in [4.78, 5) is 4.68. The van der Waals surface area contributed by atoms with E-state index < -0.39 is 0 Å². The molecule has 0 aliphatic carbocycles. The lowest BCUT2D eigenvalue weighted by Crippen LogP contribution is -2.12. The summed E-state index contributed by atoms with van der Waals surface area (Å²) in [5.41, 5.74) is 6.37. The number of ether oxygens (including phenoxy) is 1. The molecular weight excluding hydrogens is 196 g/mol. The molecule has 1 heterocycles. The van der Waals surface area contributed by atoms with Gasteiger partial charge in [-0.05, 0) is 12.1 Å². The molecule has 0 saturated heterocycles. The van der Waals surface area contributed by atoms with E-state index in [-0.39, 0.29) is 0 Å². The maximum absolute atomic E-state index is 5.34. The maximum atomic E-state index is 5.34. The van der Waals surface area contributed by atoms with Crippen molar-refractivity contribution in [2.75, 3.05) is 13.2 Å². The van der Waals surface area contributed by atoms with E-state index in [1.54, 1.807) is 6.20 Å². The fourth-order valence-corrected chi connectivity index (χ4v) is 1.08. The molecule has 0 unspecified atom stereocenters. The highest BCUT2D eigenvalue weighted by Crippen LogP contribution is 1.95. The number of nitrogens with zero attached hydrogens (tertiary/aromatic N) is 1. The van der Waals surface area contributed by atoms with Gasteiger partial charge in [0.15, 0.2) is 0 Å². The van der Waals surface area contributed by atoms with Crippen LogP contribution < -0.4 is 5.73 Å². The predicted octanol–water partition coefficient (Wildman–Crippen LogP) is 1.32. The number of hydrogen-bond donors (Lipinski definition) is 1. The first-order chi connectivity index (χ1) is 6.79. The Balaban J connectivity index is 2.08. The van der Waals surface area contributed by atoms with Crippen LogP contribution in [0.5, 0.6) is 0 Å². The second-order valence-electron chi connectivity index (χ2n) is 2.90. The average molecular weight is 210 g/mol. The summed E-state index contributed by atoms with van der Waals surface area (Å²) >= 11 is 4.72. The van der Waals surface area contributed by atoms with Gasteiger partial charge in [0.1, 0.15) is 0 Å². The van der Waals surface area contributed by atoms with Crippen LogP contribution in [0.1, 0.15) is 12.1 Å². The van der Waals surface area contributed by atoms with E-state index in [4.69, 9.17) is 22.7 Å². The molecule has 0 saturated carbocycles. The van der Waals surface area contributed by atoms with Gasteiger partial charge >= 0.3 is 0 Å². The SMILES string of the molecule is NC(=S)CCOCCc1ccccn1. The quantitative estimate of drug-likeness (QED) is 0.568. The van der Waals surface area contributed by atoms with Crippen molar-refractivity contribution in [3.63, 3.8) is 0 Å². The molecule has 0 aromatic carbocycles. The van der Waals surface area contributed by atoms with Crippen molar-refractivity contribution in [1.82, 2.24) is 4.98 Å². The fraction of sp³-hybridized carbons (Fsp3) is 0.400. The van der Waals surface area contributed by atoms with E-state index in [1.165, 1.54) is 0 Å². The molecule has 4 heteroatoms. The number of nitrogens with two attached hydrogens (primary N) is 1. The topological polar surface area (TPSA) is 48.1 Å². The molecule has 1 rings (SSSR count). The fourth-order valence-electron chi connectivity index (χ4n) is 0.998. The Morgan fingerprint density at radius 1 is 1.43 bits per heavy atom. The van der Waals surface area contributed by atoms with Gasteiger partial charge in [-0.3, -0.25) is 4.98 Å². The van der Waals surface area contributed by atoms with E-state index in [0.717, 1.165) is 12.1 Å². The number of rotatable bonds is 6. The summed E-state index contributed by atoms with van der Waals surface area (Å²) in [6, 6.07) is 5.85. The highest BCUT2D eigenvalue weighted by atomic mass is 32.1. The molecule has 0 atom stereocenters. The van der Waals surface area contributed by atoms with Gasteiger partial charge in [-0.2, -0.15) is 0 Å². The van der Waals surface area contributed by atoms with Crippen LogP contribution in [0.2, 0.25) is 0 Å².